The Morgan fingerprint density at radius 2 is 1.83 bits per heavy atom. The molecule has 0 fully saturated rings. The number of hydrogen-bond acceptors (Lipinski definition) is 3. The Bertz CT molecular complexity index is 1120. The highest BCUT2D eigenvalue weighted by Crippen LogP contribution is 2.40. The second-order valence-corrected chi connectivity index (χ2v) is 7.58. The monoisotopic (exact) mass is 384 g/mol. The number of fused-ring (bicyclic) bond motifs is 4. The van der Waals surface area contributed by atoms with Gasteiger partial charge in [-0.2, -0.15) is 0 Å². The summed E-state index contributed by atoms with van der Waals surface area (Å²) in [4.78, 5) is 26.4. The Kier molecular flexibility index (Phi) is 4.09. The van der Waals surface area contributed by atoms with E-state index in [0.29, 0.717) is 12.0 Å². The van der Waals surface area contributed by atoms with E-state index >= 15 is 0 Å². The third-order valence-corrected chi connectivity index (χ3v) is 5.88. The zero-order valence-corrected chi connectivity index (χ0v) is 15.7. The van der Waals surface area contributed by atoms with E-state index in [4.69, 9.17) is 0 Å². The van der Waals surface area contributed by atoms with Crippen molar-refractivity contribution in [2.75, 3.05) is 4.90 Å². The number of nitrogens with one attached hydrogen (secondary N) is 1. The van der Waals surface area contributed by atoms with E-state index in [2.05, 4.69) is 22.3 Å². The quantitative estimate of drug-likeness (QED) is 0.721. The molecule has 2 heterocycles. The molecule has 2 N–H and O–H groups in total. The first kappa shape index (κ1) is 17.5. The summed E-state index contributed by atoms with van der Waals surface area (Å²) >= 11 is 0. The van der Waals surface area contributed by atoms with E-state index in [1.165, 1.54) is 11.1 Å². The molecule has 0 radical (unpaired) electrons. The zero-order chi connectivity index (χ0) is 20.0. The van der Waals surface area contributed by atoms with Crippen molar-refractivity contribution >= 4 is 17.6 Å². The molecule has 3 aromatic carbocycles. The number of carbonyl (C=O) groups excluding carboxylic acids is 1. The topological polar surface area (TPSA) is 69.6 Å². The smallest absolute Gasteiger partial charge is 0.335 e. The zero-order valence-electron chi connectivity index (χ0n) is 15.7. The normalized spacial score (nSPS) is 19.6. The molecule has 5 rings (SSSR count). The molecule has 0 saturated heterocycles. The summed E-state index contributed by atoms with van der Waals surface area (Å²) in [7, 11) is 0. The third-order valence-electron chi connectivity index (χ3n) is 5.88. The van der Waals surface area contributed by atoms with Crippen molar-refractivity contribution in [3.63, 3.8) is 0 Å². The highest BCUT2D eigenvalue weighted by atomic mass is 16.4. The maximum absolute atomic E-state index is 12.8. The van der Waals surface area contributed by atoms with Crippen LogP contribution in [0, 0.1) is 0 Å². The molecule has 2 unspecified atom stereocenters. The number of anilines is 1. The van der Waals surface area contributed by atoms with Crippen LogP contribution in [0.15, 0.2) is 72.8 Å². The van der Waals surface area contributed by atoms with Crippen molar-refractivity contribution in [3.8, 4) is 0 Å². The highest BCUT2D eigenvalue weighted by Gasteiger charge is 2.40. The van der Waals surface area contributed by atoms with Gasteiger partial charge < -0.3 is 15.3 Å². The summed E-state index contributed by atoms with van der Waals surface area (Å²) in [6.45, 7) is 0.726. The maximum Gasteiger partial charge on any atom is 0.335 e. The molecule has 144 valence electrons. The van der Waals surface area contributed by atoms with Crippen LogP contribution in [0.1, 0.15) is 43.3 Å². The van der Waals surface area contributed by atoms with Crippen LogP contribution < -0.4 is 10.2 Å². The van der Waals surface area contributed by atoms with Gasteiger partial charge in [0.05, 0.1) is 16.8 Å². The molecule has 2 atom stereocenters. The number of benzene rings is 3. The molecule has 0 spiro atoms. The van der Waals surface area contributed by atoms with E-state index in [9.17, 15) is 14.7 Å². The van der Waals surface area contributed by atoms with Crippen LogP contribution in [0.3, 0.4) is 0 Å². The highest BCUT2D eigenvalue weighted by molar-refractivity contribution is 6.02. The van der Waals surface area contributed by atoms with Gasteiger partial charge in [-0.3, -0.25) is 4.79 Å². The van der Waals surface area contributed by atoms with Gasteiger partial charge in [0.2, 0.25) is 0 Å². The maximum atomic E-state index is 12.8. The van der Waals surface area contributed by atoms with Crippen molar-refractivity contribution in [1.82, 2.24) is 5.32 Å². The van der Waals surface area contributed by atoms with Gasteiger partial charge in [-0.1, -0.05) is 48.5 Å². The number of hydrogen-bond donors (Lipinski definition) is 2. The number of carboxylic acids is 1. The Hall–Kier alpha value is -3.60. The predicted octanol–water partition coefficient (Wildman–Crippen LogP) is 3.80. The van der Waals surface area contributed by atoms with E-state index in [0.717, 1.165) is 17.8 Å². The van der Waals surface area contributed by atoms with Gasteiger partial charge in [0.25, 0.3) is 5.91 Å². The number of para-hydroxylation sites is 1. The fourth-order valence-electron chi connectivity index (χ4n) is 4.56. The summed E-state index contributed by atoms with van der Waals surface area (Å²) < 4.78 is 0. The van der Waals surface area contributed by atoms with E-state index in [1.54, 1.807) is 18.2 Å². The summed E-state index contributed by atoms with van der Waals surface area (Å²) in [5.41, 5.74) is 5.29. The largest absolute Gasteiger partial charge is 0.478 e. The second kappa shape index (κ2) is 6.78. The number of carboxylic acid groups (broad SMARTS) is 1. The van der Waals surface area contributed by atoms with Crippen molar-refractivity contribution in [3.05, 3.63) is 101 Å². The molecule has 2 aliphatic heterocycles. The van der Waals surface area contributed by atoms with Crippen molar-refractivity contribution in [1.29, 1.82) is 0 Å². The second-order valence-electron chi connectivity index (χ2n) is 7.58. The lowest BCUT2D eigenvalue weighted by atomic mass is 9.81. The van der Waals surface area contributed by atoms with Crippen LogP contribution in [0.5, 0.6) is 0 Å². The summed E-state index contributed by atoms with van der Waals surface area (Å²) in [5.74, 6) is -0.982. The Morgan fingerprint density at radius 3 is 2.69 bits per heavy atom. The average molecular weight is 384 g/mol. The molecule has 2 aliphatic rings. The summed E-state index contributed by atoms with van der Waals surface area (Å²) in [6.07, 6.45) is 0.461. The Labute approximate surface area is 168 Å². The molecule has 29 heavy (non-hydrogen) atoms. The molecule has 1 amide bonds. The van der Waals surface area contributed by atoms with Crippen LogP contribution in [0.4, 0.5) is 5.69 Å². The lowest BCUT2D eigenvalue weighted by Crippen LogP contribution is -2.58. The molecule has 0 saturated carbocycles. The minimum absolute atomic E-state index is 0.0151. The molecule has 0 aliphatic carbocycles. The summed E-state index contributed by atoms with van der Waals surface area (Å²) in [5, 5.41) is 12.5. The Morgan fingerprint density at radius 1 is 1.03 bits per heavy atom. The van der Waals surface area contributed by atoms with Gasteiger partial charge in [-0.25, -0.2) is 4.79 Å². The SMILES string of the molecule is O=C(O)c1cccc(CC2c3ccccc3CN3c4ccccc4C(=O)NC23)c1. The first-order valence-corrected chi connectivity index (χ1v) is 9.68. The first-order chi connectivity index (χ1) is 14.1. The van der Waals surface area contributed by atoms with Crippen LogP contribution in [-0.4, -0.2) is 23.1 Å². The van der Waals surface area contributed by atoms with Crippen LogP contribution in [0.2, 0.25) is 0 Å². The molecular weight excluding hydrogens is 364 g/mol. The van der Waals surface area contributed by atoms with Gasteiger partial charge in [-0.15, -0.1) is 0 Å². The fraction of sp³-hybridized carbons (Fsp3) is 0.167. The Balaban J connectivity index is 1.59. The van der Waals surface area contributed by atoms with Gasteiger partial charge in [0.15, 0.2) is 0 Å². The lowest BCUT2D eigenvalue weighted by molar-refractivity contribution is 0.0696. The van der Waals surface area contributed by atoms with Gasteiger partial charge in [0, 0.05) is 12.5 Å². The number of carbonyl (C=O) groups is 2. The van der Waals surface area contributed by atoms with E-state index < -0.39 is 5.97 Å². The molecule has 0 bridgehead atoms. The van der Waals surface area contributed by atoms with Crippen LogP contribution in [0.25, 0.3) is 0 Å². The molecule has 5 nitrogen and oxygen atoms in total. The molecular formula is C24H20N2O3. The van der Waals surface area contributed by atoms with E-state index in [-0.39, 0.29) is 23.6 Å². The summed E-state index contributed by atoms with van der Waals surface area (Å²) in [6, 6.07) is 23.1. The number of amides is 1. The van der Waals surface area contributed by atoms with Crippen molar-refractivity contribution < 1.29 is 14.7 Å². The van der Waals surface area contributed by atoms with Crippen LogP contribution >= 0.6 is 0 Å². The first-order valence-electron chi connectivity index (χ1n) is 9.68. The predicted molar refractivity (Wildman–Crippen MR) is 110 cm³/mol. The van der Waals surface area contributed by atoms with E-state index in [1.807, 2.05) is 42.5 Å². The lowest BCUT2D eigenvalue weighted by Gasteiger charge is -2.47. The van der Waals surface area contributed by atoms with Gasteiger partial charge >= 0.3 is 5.97 Å². The average Bonchev–Trinajstić information content (AvgIpc) is 2.75. The number of nitrogens with zero attached hydrogens (tertiary/aromatic N) is 1. The van der Waals surface area contributed by atoms with Gasteiger partial charge in [-0.05, 0) is 47.4 Å². The number of rotatable bonds is 3. The standard InChI is InChI=1S/C24H20N2O3/c27-23-19-10-3-4-11-21(19)26-14-17-7-1-2-9-18(17)20(22(26)25-23)13-15-6-5-8-16(12-15)24(28)29/h1-12,20,22H,13-14H2,(H,25,27)(H,28,29). The number of aromatic carboxylic acids is 1. The van der Waals surface area contributed by atoms with Crippen LogP contribution in [-0.2, 0) is 13.0 Å². The van der Waals surface area contributed by atoms with Crippen molar-refractivity contribution in [2.24, 2.45) is 0 Å². The van der Waals surface area contributed by atoms with Crippen molar-refractivity contribution in [2.45, 2.75) is 25.0 Å². The van der Waals surface area contributed by atoms with Gasteiger partial charge in [0.1, 0.15) is 6.17 Å². The molecule has 5 heteroatoms. The minimum Gasteiger partial charge on any atom is -0.478 e. The fourth-order valence-corrected chi connectivity index (χ4v) is 4.56. The third kappa shape index (κ3) is 2.95. The minimum atomic E-state index is -0.933. The molecule has 0 aromatic heterocycles. The molecule has 3 aromatic rings.